The van der Waals surface area contributed by atoms with Crippen LogP contribution in [0.1, 0.15) is 49.6 Å². The summed E-state index contributed by atoms with van der Waals surface area (Å²) in [5, 5.41) is 7.49. The molecule has 0 aliphatic heterocycles. The predicted molar refractivity (Wildman–Crippen MR) is 137 cm³/mol. The maximum Gasteiger partial charge on any atom is 0.256 e. The highest BCUT2D eigenvalue weighted by Crippen LogP contribution is 2.27. The fraction of sp³-hybridized carbons (Fsp3) is 0.321. The number of aromatic nitrogens is 3. The van der Waals surface area contributed by atoms with Gasteiger partial charge in [0.15, 0.2) is 17.1 Å². The van der Waals surface area contributed by atoms with Crippen molar-refractivity contribution in [1.29, 1.82) is 0 Å². The lowest BCUT2D eigenvalue weighted by Gasteiger charge is -2.14. The molecular weight excluding hydrogens is 440 g/mol. The summed E-state index contributed by atoms with van der Waals surface area (Å²) in [5.74, 6) is 1.17. The molecule has 7 heteroatoms. The van der Waals surface area contributed by atoms with Crippen LogP contribution in [0.25, 0.3) is 5.65 Å². The zero-order chi connectivity index (χ0) is 25.1. The normalized spacial score (nSPS) is 11.0. The molecule has 0 saturated heterocycles. The van der Waals surface area contributed by atoms with Gasteiger partial charge in [-0.15, -0.1) is 0 Å². The van der Waals surface area contributed by atoms with E-state index < -0.39 is 0 Å². The van der Waals surface area contributed by atoms with Gasteiger partial charge in [-0.05, 0) is 68.5 Å². The predicted octanol–water partition coefficient (Wildman–Crippen LogP) is 4.54. The van der Waals surface area contributed by atoms with Crippen LogP contribution in [0.4, 0.5) is 0 Å². The summed E-state index contributed by atoms with van der Waals surface area (Å²) in [6, 6.07) is 12.3. The first kappa shape index (κ1) is 24.3. The third kappa shape index (κ3) is 4.99. The van der Waals surface area contributed by atoms with Crippen LogP contribution in [0.5, 0.6) is 11.5 Å². The molecule has 7 nitrogen and oxygen atoms in total. The molecular formula is C28H32N4O3. The Morgan fingerprint density at radius 1 is 1.00 bits per heavy atom. The van der Waals surface area contributed by atoms with Crippen molar-refractivity contribution in [1.82, 2.24) is 19.9 Å². The van der Waals surface area contributed by atoms with Crippen molar-refractivity contribution in [2.24, 2.45) is 0 Å². The Morgan fingerprint density at radius 3 is 2.51 bits per heavy atom. The molecule has 2 aromatic heterocycles. The SMILES string of the molecule is COc1ccc(CCNC(=O)c2cnn3c(C)c(Cc4cc(C)ccc4C)c(C)nc23)cc1OC. The van der Waals surface area contributed by atoms with Gasteiger partial charge in [0.05, 0.1) is 20.4 Å². The molecule has 0 aliphatic carbocycles. The van der Waals surface area contributed by atoms with E-state index in [2.05, 4.69) is 42.5 Å². The Hall–Kier alpha value is -3.87. The number of amides is 1. The number of rotatable bonds is 8. The van der Waals surface area contributed by atoms with Crippen molar-refractivity contribution < 1.29 is 14.3 Å². The van der Waals surface area contributed by atoms with E-state index in [-0.39, 0.29) is 5.91 Å². The van der Waals surface area contributed by atoms with Gasteiger partial charge in [0, 0.05) is 24.4 Å². The number of fused-ring (bicyclic) bond motifs is 1. The van der Waals surface area contributed by atoms with Gasteiger partial charge >= 0.3 is 0 Å². The van der Waals surface area contributed by atoms with Crippen molar-refractivity contribution in [2.75, 3.05) is 20.8 Å². The first-order valence-electron chi connectivity index (χ1n) is 11.7. The molecule has 2 heterocycles. The van der Waals surface area contributed by atoms with Crippen LogP contribution in [0.3, 0.4) is 0 Å². The van der Waals surface area contributed by atoms with Gasteiger partial charge in [-0.3, -0.25) is 4.79 Å². The molecule has 4 rings (SSSR count). The van der Waals surface area contributed by atoms with Crippen molar-refractivity contribution in [3.05, 3.63) is 87.4 Å². The van der Waals surface area contributed by atoms with Gasteiger partial charge in [0.2, 0.25) is 0 Å². The van der Waals surface area contributed by atoms with Crippen LogP contribution < -0.4 is 14.8 Å². The van der Waals surface area contributed by atoms with E-state index in [4.69, 9.17) is 14.5 Å². The molecule has 0 bridgehead atoms. The second kappa shape index (κ2) is 10.2. The molecule has 1 amide bonds. The van der Waals surface area contributed by atoms with E-state index in [1.807, 2.05) is 32.0 Å². The summed E-state index contributed by atoms with van der Waals surface area (Å²) < 4.78 is 12.4. The Kier molecular flexibility index (Phi) is 7.05. The number of nitrogens with zero attached hydrogens (tertiary/aromatic N) is 3. The third-order valence-corrected chi connectivity index (χ3v) is 6.47. The van der Waals surface area contributed by atoms with E-state index in [0.717, 1.165) is 28.9 Å². The van der Waals surface area contributed by atoms with Crippen LogP contribution in [-0.4, -0.2) is 41.3 Å². The van der Waals surface area contributed by atoms with Gasteiger partial charge in [-0.1, -0.05) is 29.8 Å². The number of methoxy groups -OCH3 is 2. The monoisotopic (exact) mass is 472 g/mol. The molecule has 182 valence electrons. The number of carbonyl (C=O) groups is 1. The van der Waals surface area contributed by atoms with E-state index in [1.54, 1.807) is 24.9 Å². The number of hydrogen-bond acceptors (Lipinski definition) is 5. The van der Waals surface area contributed by atoms with E-state index >= 15 is 0 Å². The van der Waals surface area contributed by atoms with Gasteiger partial charge in [0.1, 0.15) is 5.56 Å². The lowest BCUT2D eigenvalue weighted by molar-refractivity contribution is 0.0955. The maximum absolute atomic E-state index is 13.0. The van der Waals surface area contributed by atoms with Gasteiger partial charge < -0.3 is 14.8 Å². The standard InChI is InChI=1S/C28H32N4O3/c1-17-7-8-18(2)22(13-17)15-23-19(3)31-27-24(16-30-32(27)20(23)4)28(33)29-12-11-21-9-10-25(34-5)26(14-21)35-6/h7-10,13-14,16H,11-12,15H2,1-6H3,(H,29,33). The highest BCUT2D eigenvalue weighted by molar-refractivity contribution is 5.99. The Balaban J connectivity index is 1.51. The number of hydrogen-bond donors (Lipinski definition) is 1. The lowest BCUT2D eigenvalue weighted by Crippen LogP contribution is -2.25. The van der Waals surface area contributed by atoms with Crippen molar-refractivity contribution >= 4 is 11.6 Å². The molecule has 35 heavy (non-hydrogen) atoms. The fourth-order valence-electron chi connectivity index (χ4n) is 4.36. The average molecular weight is 473 g/mol. The fourth-order valence-corrected chi connectivity index (χ4v) is 4.36. The summed E-state index contributed by atoms with van der Waals surface area (Å²) in [6.45, 7) is 8.75. The van der Waals surface area contributed by atoms with Gasteiger partial charge in [0.25, 0.3) is 5.91 Å². The molecule has 0 radical (unpaired) electrons. The first-order chi connectivity index (χ1) is 16.8. The topological polar surface area (TPSA) is 77.8 Å². The number of aryl methyl sites for hydroxylation is 4. The minimum Gasteiger partial charge on any atom is -0.493 e. The van der Waals surface area contributed by atoms with Crippen LogP contribution in [0, 0.1) is 27.7 Å². The second-order valence-electron chi connectivity index (χ2n) is 8.86. The molecule has 0 atom stereocenters. The molecule has 0 saturated carbocycles. The Morgan fingerprint density at radius 2 is 1.77 bits per heavy atom. The minimum atomic E-state index is -0.186. The van der Waals surface area contributed by atoms with Crippen molar-refractivity contribution in [2.45, 2.75) is 40.5 Å². The van der Waals surface area contributed by atoms with Crippen LogP contribution in [-0.2, 0) is 12.8 Å². The Bertz CT molecular complexity index is 1390. The summed E-state index contributed by atoms with van der Waals surface area (Å²) in [5.41, 5.74) is 8.91. The number of carbonyl (C=O) groups excluding carboxylic acids is 1. The zero-order valence-corrected chi connectivity index (χ0v) is 21.2. The molecule has 0 fully saturated rings. The third-order valence-electron chi connectivity index (χ3n) is 6.47. The van der Waals surface area contributed by atoms with E-state index in [9.17, 15) is 4.79 Å². The molecule has 2 aromatic carbocycles. The molecule has 0 spiro atoms. The van der Waals surface area contributed by atoms with Crippen LogP contribution >= 0.6 is 0 Å². The minimum absolute atomic E-state index is 0.186. The van der Waals surface area contributed by atoms with Crippen molar-refractivity contribution in [3.63, 3.8) is 0 Å². The molecule has 1 N–H and O–H groups in total. The largest absolute Gasteiger partial charge is 0.493 e. The smallest absolute Gasteiger partial charge is 0.256 e. The number of nitrogens with one attached hydrogen (secondary N) is 1. The summed E-state index contributed by atoms with van der Waals surface area (Å²) >= 11 is 0. The van der Waals surface area contributed by atoms with E-state index in [0.29, 0.717) is 35.7 Å². The summed E-state index contributed by atoms with van der Waals surface area (Å²) in [4.78, 5) is 17.7. The first-order valence-corrected chi connectivity index (χ1v) is 11.7. The summed E-state index contributed by atoms with van der Waals surface area (Å²) in [6.07, 6.45) is 3.04. The summed E-state index contributed by atoms with van der Waals surface area (Å²) in [7, 11) is 3.22. The lowest BCUT2D eigenvalue weighted by atomic mass is 9.97. The average Bonchev–Trinajstić information content (AvgIpc) is 3.27. The maximum atomic E-state index is 13.0. The van der Waals surface area contributed by atoms with Crippen molar-refractivity contribution in [3.8, 4) is 11.5 Å². The highest BCUT2D eigenvalue weighted by atomic mass is 16.5. The number of benzene rings is 2. The molecule has 0 unspecified atom stereocenters. The zero-order valence-electron chi connectivity index (χ0n) is 21.2. The second-order valence-corrected chi connectivity index (χ2v) is 8.86. The van der Waals surface area contributed by atoms with Crippen LogP contribution in [0.2, 0.25) is 0 Å². The number of ether oxygens (including phenoxy) is 2. The van der Waals surface area contributed by atoms with Gasteiger partial charge in [-0.2, -0.15) is 5.10 Å². The quantitative estimate of drug-likeness (QED) is 0.407. The molecule has 0 aliphatic rings. The highest BCUT2D eigenvalue weighted by Gasteiger charge is 2.19. The van der Waals surface area contributed by atoms with Gasteiger partial charge in [-0.25, -0.2) is 9.50 Å². The van der Waals surface area contributed by atoms with Crippen LogP contribution in [0.15, 0.2) is 42.6 Å². The van der Waals surface area contributed by atoms with E-state index in [1.165, 1.54) is 16.7 Å². The molecule has 4 aromatic rings. The Labute approximate surface area is 206 Å².